The molecule has 0 bridgehead atoms. The fourth-order valence-corrected chi connectivity index (χ4v) is 1.45. The predicted molar refractivity (Wildman–Crippen MR) is 54.3 cm³/mol. The first-order valence-corrected chi connectivity index (χ1v) is 4.65. The molecule has 2 heterocycles. The van der Waals surface area contributed by atoms with Gasteiger partial charge >= 0.3 is 6.29 Å². The number of hydrogen-bond donors (Lipinski definition) is 0. The number of ether oxygens (including phenoxy) is 2. The van der Waals surface area contributed by atoms with Crippen LogP contribution in [0.15, 0.2) is 48.8 Å². The minimum atomic E-state index is 0.513. The van der Waals surface area contributed by atoms with Crippen molar-refractivity contribution in [2.45, 2.75) is 0 Å². The first-order chi connectivity index (χ1) is 7.43. The van der Waals surface area contributed by atoms with E-state index in [0.29, 0.717) is 6.29 Å². The van der Waals surface area contributed by atoms with Crippen molar-refractivity contribution in [1.29, 1.82) is 0 Å². The highest BCUT2D eigenvalue weighted by Crippen LogP contribution is 2.38. The normalized spacial score (nSPS) is 14.1. The lowest BCUT2D eigenvalue weighted by Gasteiger charge is -2.06. The Morgan fingerprint density at radius 2 is 1.40 bits per heavy atom. The summed E-state index contributed by atoms with van der Waals surface area (Å²) in [6, 6.07) is 11.3. The number of fused-ring (bicyclic) bond motifs is 1. The van der Waals surface area contributed by atoms with Crippen LogP contribution in [-0.2, 0) is 0 Å². The first kappa shape index (κ1) is 8.29. The summed E-state index contributed by atoms with van der Waals surface area (Å²) in [5.41, 5.74) is 0.890. The van der Waals surface area contributed by atoms with Gasteiger partial charge < -0.3 is 9.47 Å². The van der Waals surface area contributed by atoms with Crippen LogP contribution in [0.1, 0.15) is 5.56 Å². The highest BCUT2D eigenvalue weighted by atomic mass is 16.7. The van der Waals surface area contributed by atoms with Gasteiger partial charge in [-0.15, -0.1) is 0 Å². The van der Waals surface area contributed by atoms with E-state index in [1.54, 1.807) is 12.4 Å². The molecule has 0 saturated carbocycles. The number of hydrogen-bond acceptors (Lipinski definition) is 3. The van der Waals surface area contributed by atoms with Gasteiger partial charge in [-0.2, -0.15) is 0 Å². The third-order valence-electron chi connectivity index (χ3n) is 2.17. The Hall–Kier alpha value is -2.03. The second-order valence-corrected chi connectivity index (χ2v) is 3.17. The standard InChI is InChI=1S/C12H8NO2/c1-2-4-11-10(3-1)14-12(15-11)9-5-7-13-8-6-9/h1-8H. The molecule has 15 heavy (non-hydrogen) atoms. The monoisotopic (exact) mass is 198 g/mol. The highest BCUT2D eigenvalue weighted by molar-refractivity contribution is 5.46. The van der Waals surface area contributed by atoms with E-state index in [1.165, 1.54) is 0 Å². The van der Waals surface area contributed by atoms with Crippen molar-refractivity contribution in [3.05, 3.63) is 60.6 Å². The molecule has 0 aliphatic carbocycles. The minimum absolute atomic E-state index is 0.513. The average Bonchev–Trinajstić information content (AvgIpc) is 2.74. The zero-order valence-corrected chi connectivity index (χ0v) is 7.88. The van der Waals surface area contributed by atoms with Crippen LogP contribution in [-0.4, -0.2) is 4.98 Å². The second-order valence-electron chi connectivity index (χ2n) is 3.17. The molecule has 0 amide bonds. The number of aromatic nitrogens is 1. The SMILES string of the molecule is c1ccc2c(c1)O[C](c1ccncc1)O2. The Labute approximate surface area is 87.3 Å². The minimum Gasteiger partial charge on any atom is -0.438 e. The van der Waals surface area contributed by atoms with E-state index in [9.17, 15) is 0 Å². The molecule has 1 radical (unpaired) electrons. The molecule has 3 nitrogen and oxygen atoms in total. The number of pyridine rings is 1. The van der Waals surface area contributed by atoms with Crippen LogP contribution in [0.2, 0.25) is 0 Å². The van der Waals surface area contributed by atoms with Gasteiger partial charge in [-0.3, -0.25) is 4.98 Å². The molecule has 1 aromatic heterocycles. The Morgan fingerprint density at radius 3 is 2.00 bits per heavy atom. The third-order valence-corrected chi connectivity index (χ3v) is 2.17. The highest BCUT2D eigenvalue weighted by Gasteiger charge is 2.27. The quantitative estimate of drug-likeness (QED) is 0.705. The van der Waals surface area contributed by atoms with Crippen LogP contribution >= 0.6 is 0 Å². The predicted octanol–water partition coefficient (Wildman–Crippen LogP) is 2.39. The van der Waals surface area contributed by atoms with Crippen molar-refractivity contribution < 1.29 is 9.47 Å². The summed E-state index contributed by atoms with van der Waals surface area (Å²) in [5.74, 6) is 1.51. The van der Waals surface area contributed by atoms with Crippen molar-refractivity contribution in [2.24, 2.45) is 0 Å². The molecule has 0 unspecified atom stereocenters. The first-order valence-electron chi connectivity index (χ1n) is 4.65. The van der Waals surface area contributed by atoms with E-state index >= 15 is 0 Å². The van der Waals surface area contributed by atoms with Crippen molar-refractivity contribution in [3.8, 4) is 11.5 Å². The van der Waals surface area contributed by atoms with Crippen LogP contribution in [0.25, 0.3) is 0 Å². The number of benzene rings is 1. The molecule has 1 aromatic carbocycles. The summed E-state index contributed by atoms with van der Waals surface area (Å²) < 4.78 is 11.1. The van der Waals surface area contributed by atoms with Gasteiger partial charge in [0.15, 0.2) is 11.5 Å². The summed E-state index contributed by atoms with van der Waals surface area (Å²) in [6.07, 6.45) is 3.93. The average molecular weight is 198 g/mol. The zero-order valence-electron chi connectivity index (χ0n) is 7.88. The van der Waals surface area contributed by atoms with Crippen molar-refractivity contribution in [1.82, 2.24) is 4.98 Å². The van der Waals surface area contributed by atoms with Gasteiger partial charge in [-0.25, -0.2) is 0 Å². The maximum absolute atomic E-state index is 5.56. The van der Waals surface area contributed by atoms with E-state index in [1.807, 2.05) is 36.4 Å². The Morgan fingerprint density at radius 1 is 0.800 bits per heavy atom. The van der Waals surface area contributed by atoms with Gasteiger partial charge in [0.1, 0.15) is 0 Å². The van der Waals surface area contributed by atoms with E-state index in [0.717, 1.165) is 17.1 Å². The molecule has 0 saturated heterocycles. The van der Waals surface area contributed by atoms with E-state index < -0.39 is 0 Å². The molecule has 3 heteroatoms. The molecular weight excluding hydrogens is 190 g/mol. The summed E-state index contributed by atoms with van der Waals surface area (Å²) in [5, 5.41) is 0. The number of para-hydroxylation sites is 2. The fraction of sp³-hybridized carbons (Fsp3) is 0. The summed E-state index contributed by atoms with van der Waals surface area (Å²) in [4.78, 5) is 3.94. The lowest BCUT2D eigenvalue weighted by atomic mass is 10.3. The van der Waals surface area contributed by atoms with Crippen LogP contribution in [0.5, 0.6) is 11.5 Å². The lowest BCUT2D eigenvalue weighted by molar-refractivity contribution is 0.203. The van der Waals surface area contributed by atoms with E-state index in [-0.39, 0.29) is 0 Å². The molecule has 1 aliphatic heterocycles. The lowest BCUT2D eigenvalue weighted by Crippen LogP contribution is -2.08. The Bertz CT molecular complexity index is 445. The zero-order chi connectivity index (χ0) is 10.1. The molecule has 2 aromatic rings. The smallest absolute Gasteiger partial charge is 0.363 e. The molecular formula is C12H8NO2. The Kier molecular flexibility index (Phi) is 1.81. The molecule has 0 atom stereocenters. The maximum Gasteiger partial charge on any atom is 0.363 e. The van der Waals surface area contributed by atoms with E-state index in [2.05, 4.69) is 4.98 Å². The fourth-order valence-electron chi connectivity index (χ4n) is 1.45. The van der Waals surface area contributed by atoms with Gasteiger partial charge in [0, 0.05) is 18.0 Å². The summed E-state index contributed by atoms with van der Waals surface area (Å²) >= 11 is 0. The van der Waals surface area contributed by atoms with Crippen LogP contribution in [0, 0.1) is 6.29 Å². The van der Waals surface area contributed by atoms with Crippen LogP contribution in [0.4, 0.5) is 0 Å². The number of nitrogens with zero attached hydrogens (tertiary/aromatic N) is 1. The largest absolute Gasteiger partial charge is 0.438 e. The Balaban J connectivity index is 1.91. The van der Waals surface area contributed by atoms with Crippen LogP contribution < -0.4 is 9.47 Å². The van der Waals surface area contributed by atoms with Gasteiger partial charge in [0.2, 0.25) is 0 Å². The van der Waals surface area contributed by atoms with Crippen molar-refractivity contribution >= 4 is 0 Å². The molecule has 3 rings (SSSR count). The molecule has 0 fully saturated rings. The molecule has 0 spiro atoms. The van der Waals surface area contributed by atoms with Gasteiger partial charge in [0.25, 0.3) is 0 Å². The van der Waals surface area contributed by atoms with E-state index in [4.69, 9.17) is 9.47 Å². The van der Waals surface area contributed by atoms with Crippen LogP contribution in [0.3, 0.4) is 0 Å². The molecule has 0 N–H and O–H groups in total. The molecule has 73 valence electrons. The van der Waals surface area contributed by atoms with Gasteiger partial charge in [0.05, 0.1) is 0 Å². The van der Waals surface area contributed by atoms with Gasteiger partial charge in [-0.1, -0.05) is 12.1 Å². The maximum atomic E-state index is 5.56. The topological polar surface area (TPSA) is 31.4 Å². The van der Waals surface area contributed by atoms with Crippen molar-refractivity contribution in [2.75, 3.05) is 0 Å². The summed E-state index contributed by atoms with van der Waals surface area (Å²) in [6.45, 7) is 0. The second kappa shape index (κ2) is 3.28. The third kappa shape index (κ3) is 1.42. The van der Waals surface area contributed by atoms with Crippen molar-refractivity contribution in [3.63, 3.8) is 0 Å². The molecule has 1 aliphatic rings. The van der Waals surface area contributed by atoms with Gasteiger partial charge in [-0.05, 0) is 24.3 Å². The number of rotatable bonds is 1. The summed E-state index contributed by atoms with van der Waals surface area (Å²) in [7, 11) is 0.